The van der Waals surface area contributed by atoms with Gasteiger partial charge in [-0.2, -0.15) is 0 Å². The summed E-state index contributed by atoms with van der Waals surface area (Å²) in [6.45, 7) is 3.38. The molecule has 6 N–H and O–H groups in total. The second-order valence-corrected chi connectivity index (χ2v) is 8.54. The summed E-state index contributed by atoms with van der Waals surface area (Å²) in [5.74, 6) is 0.661. The molecule has 2 aromatic carbocycles. The van der Waals surface area contributed by atoms with Crippen LogP contribution < -0.4 is 19.9 Å². The molecule has 2 aromatic rings. The van der Waals surface area contributed by atoms with Crippen LogP contribution in [0, 0.1) is 17.2 Å². The van der Waals surface area contributed by atoms with Gasteiger partial charge in [-0.05, 0) is 73.9 Å². The van der Waals surface area contributed by atoms with Crippen molar-refractivity contribution in [1.82, 2.24) is 0 Å². The molecule has 0 amide bonds. The van der Waals surface area contributed by atoms with Crippen LogP contribution in [0.25, 0.3) is 0 Å². The lowest BCUT2D eigenvalue weighted by atomic mass is 9.83. The van der Waals surface area contributed by atoms with Crippen molar-refractivity contribution in [2.45, 2.75) is 32.3 Å². The van der Waals surface area contributed by atoms with Crippen LogP contribution in [0.3, 0.4) is 0 Å². The van der Waals surface area contributed by atoms with Gasteiger partial charge < -0.3 is 25.1 Å². The lowest BCUT2D eigenvalue weighted by Gasteiger charge is -2.27. The zero-order chi connectivity index (χ0) is 25.3. The van der Waals surface area contributed by atoms with Gasteiger partial charge >= 0.3 is 0 Å². The van der Waals surface area contributed by atoms with Gasteiger partial charge in [0.05, 0.1) is 27.4 Å². The molecule has 0 bridgehead atoms. The highest BCUT2D eigenvalue weighted by atomic mass is 17.1. The molecule has 2 rings (SSSR count). The van der Waals surface area contributed by atoms with E-state index in [9.17, 15) is 15.6 Å². The van der Waals surface area contributed by atoms with Crippen molar-refractivity contribution < 1.29 is 39.6 Å². The fourth-order valence-corrected chi connectivity index (χ4v) is 3.62. The van der Waals surface area contributed by atoms with E-state index >= 15 is 0 Å². The average Bonchev–Trinajstić information content (AvgIpc) is 2.80. The molecule has 34 heavy (non-hydrogen) atoms. The van der Waals surface area contributed by atoms with Crippen molar-refractivity contribution in [3.63, 3.8) is 0 Å². The molecule has 0 unspecified atom stereocenters. The van der Waals surface area contributed by atoms with E-state index in [1.165, 1.54) is 20.3 Å². The number of nitrogens with two attached hydrogens (primary N) is 1. The van der Waals surface area contributed by atoms with Gasteiger partial charge in [0.1, 0.15) is 5.84 Å². The van der Waals surface area contributed by atoms with Crippen molar-refractivity contribution in [3.8, 4) is 23.0 Å². The summed E-state index contributed by atoms with van der Waals surface area (Å²) in [4.78, 5) is 8.95. The number of nitrogens with one attached hydrogen (secondary N) is 1. The Balaban J connectivity index is 2.27. The van der Waals surface area contributed by atoms with Crippen LogP contribution in [0.1, 0.15) is 25.0 Å². The van der Waals surface area contributed by atoms with Crippen molar-refractivity contribution >= 4 is 5.84 Å². The van der Waals surface area contributed by atoms with Crippen LogP contribution >= 0.6 is 0 Å². The van der Waals surface area contributed by atoms with E-state index in [2.05, 4.69) is 9.78 Å². The van der Waals surface area contributed by atoms with Crippen molar-refractivity contribution in [2.24, 2.45) is 17.6 Å². The van der Waals surface area contributed by atoms with Gasteiger partial charge in [-0.25, -0.2) is 9.78 Å². The first-order valence-electron chi connectivity index (χ1n) is 10.7. The number of phenols is 1. The number of hydrogen-bond acceptors (Lipinski definition) is 9. The fourth-order valence-electron chi connectivity index (χ4n) is 3.62. The Hall–Kier alpha value is -3.05. The van der Waals surface area contributed by atoms with Crippen molar-refractivity contribution in [1.29, 1.82) is 5.41 Å². The minimum Gasteiger partial charge on any atom is -0.504 e. The van der Waals surface area contributed by atoms with Gasteiger partial charge in [-0.15, -0.1) is 0 Å². The first-order valence-corrected chi connectivity index (χ1v) is 10.7. The third kappa shape index (κ3) is 7.22. The van der Waals surface area contributed by atoms with Crippen LogP contribution in [-0.2, 0) is 22.6 Å². The first-order chi connectivity index (χ1) is 16.1. The van der Waals surface area contributed by atoms with Crippen LogP contribution in [0.5, 0.6) is 23.0 Å². The lowest BCUT2D eigenvalue weighted by molar-refractivity contribution is -0.271. The largest absolute Gasteiger partial charge is 0.504 e. The van der Waals surface area contributed by atoms with Crippen LogP contribution in [-0.4, -0.2) is 54.5 Å². The first kappa shape index (κ1) is 27.2. The third-order valence-corrected chi connectivity index (χ3v) is 5.73. The number of rotatable bonds is 14. The summed E-state index contributed by atoms with van der Waals surface area (Å²) in [6.07, 6.45) is 0.937. The van der Waals surface area contributed by atoms with E-state index in [-0.39, 0.29) is 36.6 Å². The number of ether oxygens (including phenoxy) is 3. The van der Waals surface area contributed by atoms with Gasteiger partial charge in [0.25, 0.3) is 0 Å². The fraction of sp³-hybridized carbons (Fsp3) is 0.458. The molecule has 0 heterocycles. The van der Waals surface area contributed by atoms with Gasteiger partial charge in [-0.1, -0.05) is 12.1 Å². The maximum absolute atomic E-state index is 9.85. The molecule has 0 aliphatic rings. The molecule has 0 radical (unpaired) electrons. The molecule has 0 aliphatic carbocycles. The number of aromatic hydroxyl groups is 1. The third-order valence-electron chi connectivity index (χ3n) is 5.73. The summed E-state index contributed by atoms with van der Waals surface area (Å²) < 4.78 is 16.5. The van der Waals surface area contributed by atoms with Crippen molar-refractivity contribution in [3.05, 3.63) is 47.5 Å². The molecule has 0 saturated carbocycles. The number of hydrogen-bond donors (Lipinski definition) is 5. The van der Waals surface area contributed by atoms with E-state index in [4.69, 9.17) is 25.4 Å². The Morgan fingerprint density at radius 3 is 1.85 bits per heavy atom. The van der Waals surface area contributed by atoms with Crippen LogP contribution in [0.4, 0.5) is 0 Å². The Morgan fingerprint density at radius 1 is 0.882 bits per heavy atom. The predicted octanol–water partition coefficient (Wildman–Crippen LogP) is 3.50. The number of phenolic OH excluding ortho intramolecular Hbond substituents is 1. The maximum atomic E-state index is 9.85. The number of methoxy groups -OCH3 is 2. The molecule has 188 valence electrons. The van der Waals surface area contributed by atoms with Gasteiger partial charge in [0.15, 0.2) is 28.6 Å². The molecule has 10 heteroatoms. The summed E-state index contributed by atoms with van der Waals surface area (Å²) in [6, 6.07) is 10.4. The minimum absolute atomic E-state index is 0.00117. The zero-order valence-electron chi connectivity index (χ0n) is 19.9. The van der Waals surface area contributed by atoms with Gasteiger partial charge in [-0.3, -0.25) is 15.9 Å². The van der Waals surface area contributed by atoms with E-state index in [0.717, 1.165) is 11.1 Å². The highest BCUT2D eigenvalue weighted by Gasteiger charge is 2.27. The number of benzene rings is 2. The molecule has 10 nitrogen and oxygen atoms in total. The summed E-state index contributed by atoms with van der Waals surface area (Å²) >= 11 is 0. The second kappa shape index (κ2) is 12.4. The SMILES string of the molecule is COc1cc(C[C@H](COO)[C@@H](COO)Cc2ccc(OC(C)(C)C(=N)N)c(OC)c2)ccc1O. The van der Waals surface area contributed by atoms with E-state index in [1.54, 1.807) is 38.1 Å². The quantitative estimate of drug-likeness (QED) is 0.119. The maximum Gasteiger partial charge on any atom is 0.162 e. The molecule has 0 saturated heterocycles. The molecule has 0 fully saturated rings. The van der Waals surface area contributed by atoms with Crippen molar-refractivity contribution in [2.75, 3.05) is 27.4 Å². The highest BCUT2D eigenvalue weighted by molar-refractivity contribution is 5.85. The van der Waals surface area contributed by atoms with E-state index < -0.39 is 5.60 Å². The Bertz CT molecular complexity index is 951. The summed E-state index contributed by atoms with van der Waals surface area (Å²) in [7, 11) is 2.98. The predicted molar refractivity (Wildman–Crippen MR) is 126 cm³/mol. The normalized spacial score (nSPS) is 13.2. The second-order valence-electron chi connectivity index (χ2n) is 8.54. The Labute approximate surface area is 199 Å². The number of amidine groups is 1. The van der Waals surface area contributed by atoms with Gasteiger partial charge in [0, 0.05) is 0 Å². The topological polar surface area (TPSA) is 157 Å². The lowest BCUT2D eigenvalue weighted by Crippen LogP contribution is -2.42. The molecular formula is C24H34N2O8. The molecule has 0 aromatic heterocycles. The molecule has 0 spiro atoms. The molecule has 2 atom stereocenters. The van der Waals surface area contributed by atoms with E-state index in [1.807, 2.05) is 6.07 Å². The Morgan fingerprint density at radius 2 is 1.38 bits per heavy atom. The van der Waals surface area contributed by atoms with E-state index in [0.29, 0.717) is 30.1 Å². The zero-order valence-corrected chi connectivity index (χ0v) is 19.9. The van der Waals surface area contributed by atoms with Crippen LogP contribution in [0.15, 0.2) is 36.4 Å². The monoisotopic (exact) mass is 478 g/mol. The molecule has 0 aliphatic heterocycles. The van der Waals surface area contributed by atoms with Gasteiger partial charge in [0.2, 0.25) is 0 Å². The van der Waals surface area contributed by atoms with Crippen LogP contribution in [0.2, 0.25) is 0 Å². The Kier molecular flexibility index (Phi) is 9.94. The summed E-state index contributed by atoms with van der Waals surface area (Å²) in [5, 5.41) is 35.9. The highest BCUT2D eigenvalue weighted by Crippen LogP contribution is 2.34. The summed E-state index contributed by atoms with van der Waals surface area (Å²) in [5.41, 5.74) is 6.34. The minimum atomic E-state index is -1.00. The smallest absolute Gasteiger partial charge is 0.162 e. The standard InChI is InChI=1S/C24H34N2O8/c1-24(2,23(25)26)34-20-8-6-16(12-22(20)31-4)10-18(14-33-29)17(13-32-28)9-15-5-7-19(27)21(11-15)30-3/h5-8,11-12,17-18,27-29H,9-10,13-14H2,1-4H3,(H3,25,26)/t17-,18-/m1/s1. The average molecular weight is 479 g/mol. The molecular weight excluding hydrogens is 444 g/mol.